The molecule has 4 heteroatoms. The number of hydrogen-bond acceptors (Lipinski definition) is 3. The molecular weight excluding hydrogens is 248 g/mol. The van der Waals surface area contributed by atoms with Crippen molar-refractivity contribution in [3.63, 3.8) is 0 Å². The van der Waals surface area contributed by atoms with Crippen molar-refractivity contribution in [2.45, 2.75) is 20.0 Å². The number of nitrogens with zero attached hydrogens (tertiary/aromatic N) is 1. The number of fused-ring (bicyclic) bond motifs is 1. The first kappa shape index (κ1) is 13.3. The Kier molecular flexibility index (Phi) is 3.57. The molecule has 0 amide bonds. The minimum absolute atomic E-state index is 0.394. The number of rotatable bonds is 3. The van der Waals surface area contributed by atoms with Crippen LogP contribution >= 0.6 is 11.6 Å². The monoisotopic (exact) mass is 264 g/mol. The van der Waals surface area contributed by atoms with Gasteiger partial charge in [0.1, 0.15) is 0 Å². The molecule has 0 saturated heterocycles. The minimum Gasteiger partial charge on any atom is -0.388 e. The van der Waals surface area contributed by atoms with Crippen molar-refractivity contribution < 1.29 is 5.11 Å². The zero-order chi connectivity index (χ0) is 13.3. The first-order chi connectivity index (χ1) is 8.47. The second kappa shape index (κ2) is 4.84. The first-order valence-electron chi connectivity index (χ1n) is 5.88. The van der Waals surface area contributed by atoms with E-state index in [1.165, 1.54) is 0 Å². The van der Waals surface area contributed by atoms with Crippen LogP contribution in [0.15, 0.2) is 30.5 Å². The van der Waals surface area contributed by atoms with Gasteiger partial charge in [0.25, 0.3) is 0 Å². The summed E-state index contributed by atoms with van der Waals surface area (Å²) in [5, 5.41) is 12.0. The Morgan fingerprint density at radius 3 is 2.78 bits per heavy atom. The van der Waals surface area contributed by atoms with Crippen molar-refractivity contribution in [2.24, 2.45) is 11.1 Å². The van der Waals surface area contributed by atoms with E-state index in [-0.39, 0.29) is 0 Å². The number of aliphatic hydroxyl groups excluding tert-OH is 1. The number of pyridine rings is 1. The van der Waals surface area contributed by atoms with Gasteiger partial charge < -0.3 is 10.8 Å². The summed E-state index contributed by atoms with van der Waals surface area (Å²) >= 11 is 6.14. The Hall–Kier alpha value is -1.16. The average molecular weight is 265 g/mol. The van der Waals surface area contributed by atoms with E-state index in [2.05, 4.69) is 4.98 Å². The molecule has 1 aromatic carbocycles. The Labute approximate surface area is 112 Å². The smallest absolute Gasteiger partial charge is 0.0874 e. The highest BCUT2D eigenvalue weighted by molar-refractivity contribution is 6.35. The highest BCUT2D eigenvalue weighted by Crippen LogP contribution is 2.36. The summed E-state index contributed by atoms with van der Waals surface area (Å²) in [6.07, 6.45) is 1.03. The lowest BCUT2D eigenvalue weighted by molar-refractivity contribution is 0.0566. The zero-order valence-electron chi connectivity index (χ0n) is 10.5. The predicted octanol–water partition coefficient (Wildman–Crippen LogP) is 2.91. The largest absolute Gasteiger partial charge is 0.388 e. The minimum atomic E-state index is -0.669. The molecule has 1 aromatic heterocycles. The molecular formula is C14H17ClN2O. The number of nitrogens with two attached hydrogens (primary N) is 1. The molecule has 1 heterocycles. The van der Waals surface area contributed by atoms with Crippen LogP contribution in [0.1, 0.15) is 25.5 Å². The maximum absolute atomic E-state index is 10.5. The number of hydrogen-bond donors (Lipinski definition) is 2. The van der Waals surface area contributed by atoms with E-state index in [4.69, 9.17) is 17.3 Å². The normalized spacial score (nSPS) is 13.8. The molecule has 0 aliphatic heterocycles. The van der Waals surface area contributed by atoms with E-state index in [9.17, 15) is 5.11 Å². The van der Waals surface area contributed by atoms with Crippen molar-refractivity contribution in [3.8, 4) is 0 Å². The Morgan fingerprint density at radius 1 is 1.39 bits per heavy atom. The maximum Gasteiger partial charge on any atom is 0.0874 e. The molecule has 0 aliphatic carbocycles. The van der Waals surface area contributed by atoms with Crippen LogP contribution in [0, 0.1) is 5.41 Å². The summed E-state index contributed by atoms with van der Waals surface area (Å²) in [6.45, 7) is 4.26. The fourth-order valence-corrected chi connectivity index (χ4v) is 2.13. The van der Waals surface area contributed by atoms with Gasteiger partial charge in [-0.05, 0) is 18.2 Å². The predicted molar refractivity (Wildman–Crippen MR) is 74.5 cm³/mol. The van der Waals surface area contributed by atoms with Crippen LogP contribution in [-0.2, 0) is 0 Å². The Morgan fingerprint density at radius 2 is 2.11 bits per heavy atom. The third-order valence-corrected chi connectivity index (χ3v) is 3.64. The zero-order valence-corrected chi connectivity index (χ0v) is 11.3. The lowest BCUT2D eigenvalue weighted by Crippen LogP contribution is -2.30. The van der Waals surface area contributed by atoms with E-state index in [0.29, 0.717) is 11.6 Å². The van der Waals surface area contributed by atoms with Gasteiger partial charge in [-0.15, -0.1) is 0 Å². The van der Waals surface area contributed by atoms with Crippen molar-refractivity contribution in [1.82, 2.24) is 4.98 Å². The van der Waals surface area contributed by atoms with Crippen LogP contribution in [0.2, 0.25) is 5.02 Å². The fourth-order valence-electron chi connectivity index (χ4n) is 1.91. The summed E-state index contributed by atoms with van der Waals surface area (Å²) in [7, 11) is 0. The molecule has 2 aromatic rings. The summed E-state index contributed by atoms with van der Waals surface area (Å²) in [5.41, 5.74) is 6.81. The van der Waals surface area contributed by atoms with Gasteiger partial charge in [0.05, 0.1) is 11.6 Å². The fraction of sp³-hybridized carbons (Fsp3) is 0.357. The molecule has 0 radical (unpaired) electrons. The highest BCUT2D eigenvalue weighted by atomic mass is 35.5. The van der Waals surface area contributed by atoms with Crippen LogP contribution in [0.4, 0.5) is 0 Å². The molecule has 0 fully saturated rings. The molecule has 0 bridgehead atoms. The molecule has 3 N–H and O–H groups in total. The lowest BCUT2D eigenvalue weighted by Gasteiger charge is -2.29. The van der Waals surface area contributed by atoms with Crippen molar-refractivity contribution in [3.05, 3.63) is 41.0 Å². The van der Waals surface area contributed by atoms with Crippen LogP contribution in [0.3, 0.4) is 0 Å². The quantitative estimate of drug-likeness (QED) is 0.896. The second-order valence-corrected chi connectivity index (χ2v) is 5.54. The summed E-state index contributed by atoms with van der Waals surface area (Å²) in [5.74, 6) is 0. The van der Waals surface area contributed by atoms with Gasteiger partial charge in [0.15, 0.2) is 0 Å². The van der Waals surface area contributed by atoms with Crippen molar-refractivity contribution in [2.75, 3.05) is 6.54 Å². The molecule has 1 unspecified atom stereocenters. The average Bonchev–Trinajstić information content (AvgIpc) is 2.39. The molecule has 1 atom stereocenters. The van der Waals surface area contributed by atoms with Crippen molar-refractivity contribution >= 4 is 22.5 Å². The lowest BCUT2D eigenvalue weighted by atomic mass is 9.82. The summed E-state index contributed by atoms with van der Waals surface area (Å²) in [6, 6.07) is 7.34. The van der Waals surface area contributed by atoms with E-state index in [1.807, 2.05) is 32.0 Å². The number of halogens is 1. The number of aliphatic hydroxyl groups is 1. The topological polar surface area (TPSA) is 59.1 Å². The second-order valence-electron chi connectivity index (χ2n) is 5.13. The highest BCUT2D eigenvalue weighted by Gasteiger charge is 2.29. The first-order valence-corrected chi connectivity index (χ1v) is 6.26. The molecule has 18 heavy (non-hydrogen) atoms. The van der Waals surface area contributed by atoms with Crippen molar-refractivity contribution in [1.29, 1.82) is 0 Å². The summed E-state index contributed by atoms with van der Waals surface area (Å²) in [4.78, 5) is 4.33. The van der Waals surface area contributed by atoms with Gasteiger partial charge in [-0.3, -0.25) is 4.98 Å². The van der Waals surface area contributed by atoms with Gasteiger partial charge in [0, 0.05) is 34.1 Å². The third kappa shape index (κ3) is 2.21. The van der Waals surface area contributed by atoms with Gasteiger partial charge in [-0.25, -0.2) is 0 Å². The van der Waals surface area contributed by atoms with E-state index in [1.54, 1.807) is 12.3 Å². The van der Waals surface area contributed by atoms with Crippen LogP contribution in [-0.4, -0.2) is 16.6 Å². The van der Waals surface area contributed by atoms with Gasteiger partial charge in [0.2, 0.25) is 0 Å². The SMILES string of the molecule is CC(C)(CN)C(O)c1ccc(Cl)c2cccnc12. The van der Waals surface area contributed by atoms with Crippen LogP contribution in [0.25, 0.3) is 10.9 Å². The number of benzene rings is 1. The van der Waals surface area contributed by atoms with Gasteiger partial charge in [-0.1, -0.05) is 31.5 Å². The third-order valence-electron chi connectivity index (χ3n) is 3.31. The van der Waals surface area contributed by atoms with Crippen LogP contribution in [0.5, 0.6) is 0 Å². The maximum atomic E-state index is 10.5. The summed E-state index contributed by atoms with van der Waals surface area (Å²) < 4.78 is 0. The van der Waals surface area contributed by atoms with E-state index < -0.39 is 11.5 Å². The van der Waals surface area contributed by atoms with E-state index >= 15 is 0 Å². The Balaban J connectivity index is 2.62. The number of aromatic nitrogens is 1. The molecule has 0 saturated carbocycles. The van der Waals surface area contributed by atoms with E-state index in [0.717, 1.165) is 16.5 Å². The molecule has 2 rings (SSSR count). The van der Waals surface area contributed by atoms with Crippen LogP contribution < -0.4 is 5.73 Å². The standard InChI is InChI=1S/C14H17ClN2O/c1-14(2,8-16)13(18)10-5-6-11(15)9-4-3-7-17-12(9)10/h3-7,13,18H,8,16H2,1-2H3. The Bertz CT molecular complexity index is 569. The van der Waals surface area contributed by atoms with Gasteiger partial charge in [-0.2, -0.15) is 0 Å². The molecule has 96 valence electrons. The molecule has 0 aliphatic rings. The van der Waals surface area contributed by atoms with Gasteiger partial charge >= 0.3 is 0 Å². The molecule has 3 nitrogen and oxygen atoms in total. The molecule has 0 spiro atoms.